The second kappa shape index (κ2) is 18.0. The molecule has 0 aliphatic heterocycles. The van der Waals surface area contributed by atoms with Crippen LogP contribution in [0.15, 0.2) is 89.8 Å². The first-order valence-corrected chi connectivity index (χ1v) is 16.8. The van der Waals surface area contributed by atoms with Gasteiger partial charge in [0.05, 0.1) is 23.9 Å². The molecule has 0 N–H and O–H groups in total. The summed E-state index contributed by atoms with van der Waals surface area (Å²) in [6.45, 7) is 10.6. The van der Waals surface area contributed by atoms with Crippen molar-refractivity contribution in [1.82, 2.24) is 0 Å². The zero-order chi connectivity index (χ0) is 31.8. The van der Waals surface area contributed by atoms with E-state index in [0.717, 1.165) is 47.3 Å². The summed E-state index contributed by atoms with van der Waals surface area (Å²) in [6.07, 6.45) is 10.9. The highest BCUT2D eigenvalue weighted by Gasteiger charge is 2.19. The molecule has 0 radical (unpaired) electrons. The van der Waals surface area contributed by atoms with Gasteiger partial charge >= 0.3 is 5.97 Å². The average Bonchev–Trinajstić information content (AvgIpc) is 3.03. The minimum absolute atomic E-state index is 0.190. The van der Waals surface area contributed by atoms with E-state index in [1.807, 2.05) is 54.6 Å². The van der Waals surface area contributed by atoms with Gasteiger partial charge in [0.1, 0.15) is 19.0 Å². The van der Waals surface area contributed by atoms with E-state index >= 15 is 0 Å². The molecule has 0 aliphatic carbocycles. The lowest BCUT2D eigenvalue weighted by Crippen LogP contribution is -2.16. The number of esters is 1. The minimum Gasteiger partial charge on any atom is -0.491 e. The number of hydrogen-bond acceptors (Lipinski definition) is 6. The van der Waals surface area contributed by atoms with Gasteiger partial charge in [-0.2, -0.15) is 0 Å². The fourth-order valence-electron chi connectivity index (χ4n) is 4.42. The summed E-state index contributed by atoms with van der Waals surface area (Å²) in [5.74, 6) is 0.758. The molecule has 0 aromatic heterocycles. The van der Waals surface area contributed by atoms with Crippen LogP contribution in [0.5, 0.6) is 5.75 Å². The van der Waals surface area contributed by atoms with Crippen LogP contribution in [0.2, 0.25) is 0 Å². The van der Waals surface area contributed by atoms with Crippen molar-refractivity contribution in [2.45, 2.75) is 44.9 Å². The summed E-state index contributed by atoms with van der Waals surface area (Å²) >= 11 is 0. The van der Waals surface area contributed by atoms with E-state index < -0.39 is 15.8 Å². The first-order chi connectivity index (χ1) is 21.2. The van der Waals surface area contributed by atoms with Gasteiger partial charge in [-0.25, -0.2) is 13.2 Å². The van der Waals surface area contributed by atoms with Gasteiger partial charge in [0.25, 0.3) is 0 Å². The summed E-state index contributed by atoms with van der Waals surface area (Å²) < 4.78 is 41.7. The summed E-state index contributed by atoms with van der Waals surface area (Å²) in [7, 11) is -3.28. The van der Waals surface area contributed by atoms with Crippen LogP contribution in [0.3, 0.4) is 0 Å². The van der Waals surface area contributed by atoms with E-state index in [9.17, 15) is 13.2 Å². The standard InChI is InChI=1S/C37H44O6S/c1-5-7-30(6-2)28-44(39,40)36-22-18-34(19-23-36)15-13-32-10-8-31(9-11-32)12-14-33-16-20-35(21-17-33)42-26-24-41-25-27-43-37(38)29(3)4/h8-23,30H,3,5-7,24-28H2,1-2,4H3/b14-12+,15-13+. The van der Waals surface area contributed by atoms with Crippen molar-refractivity contribution in [1.29, 1.82) is 0 Å². The van der Waals surface area contributed by atoms with Crippen LogP contribution in [0.4, 0.5) is 0 Å². The predicted octanol–water partition coefficient (Wildman–Crippen LogP) is 8.14. The summed E-state index contributed by atoms with van der Waals surface area (Å²) in [6, 6.07) is 23.2. The van der Waals surface area contributed by atoms with Crippen LogP contribution in [0, 0.1) is 5.92 Å². The van der Waals surface area contributed by atoms with Crippen LogP contribution in [-0.2, 0) is 24.1 Å². The van der Waals surface area contributed by atoms with Crippen molar-refractivity contribution < 1.29 is 27.4 Å². The number of sulfone groups is 1. The topological polar surface area (TPSA) is 78.9 Å². The van der Waals surface area contributed by atoms with Crippen molar-refractivity contribution in [2.24, 2.45) is 5.92 Å². The predicted molar refractivity (Wildman–Crippen MR) is 180 cm³/mol. The van der Waals surface area contributed by atoms with Crippen molar-refractivity contribution in [3.63, 3.8) is 0 Å². The quantitative estimate of drug-likeness (QED) is 0.0621. The molecule has 3 rings (SSSR count). The maximum atomic E-state index is 12.8. The van der Waals surface area contributed by atoms with Gasteiger partial charge in [-0.3, -0.25) is 0 Å². The van der Waals surface area contributed by atoms with E-state index in [4.69, 9.17) is 14.2 Å². The Morgan fingerprint density at radius 2 is 1.23 bits per heavy atom. The van der Waals surface area contributed by atoms with Crippen molar-refractivity contribution >= 4 is 40.1 Å². The molecule has 3 aromatic rings. The van der Waals surface area contributed by atoms with Crippen LogP contribution in [0.1, 0.15) is 62.3 Å². The molecule has 0 heterocycles. The number of ether oxygens (including phenoxy) is 3. The number of hydrogen-bond donors (Lipinski definition) is 0. The zero-order valence-electron chi connectivity index (χ0n) is 26.0. The molecule has 0 saturated carbocycles. The van der Waals surface area contributed by atoms with Crippen molar-refractivity contribution in [2.75, 3.05) is 32.2 Å². The fourth-order valence-corrected chi connectivity index (χ4v) is 6.19. The molecule has 6 nitrogen and oxygen atoms in total. The summed E-state index contributed by atoms with van der Waals surface area (Å²) in [5, 5.41) is 0. The number of carbonyl (C=O) groups is 1. The Kier molecular flexibility index (Phi) is 14.1. The zero-order valence-corrected chi connectivity index (χ0v) is 26.9. The summed E-state index contributed by atoms with van der Waals surface area (Å²) in [5.41, 5.74) is 4.51. The van der Waals surface area contributed by atoms with Crippen LogP contribution < -0.4 is 4.74 Å². The molecule has 7 heteroatoms. The van der Waals surface area contributed by atoms with E-state index in [1.54, 1.807) is 19.1 Å². The first kappa shape index (κ1) is 34.5. The van der Waals surface area contributed by atoms with Crippen LogP contribution in [-0.4, -0.2) is 46.6 Å². The fraction of sp³-hybridized carbons (Fsp3) is 0.324. The normalized spacial score (nSPS) is 12.4. The van der Waals surface area contributed by atoms with Gasteiger partial charge in [-0.1, -0.05) is 106 Å². The van der Waals surface area contributed by atoms with E-state index in [1.165, 1.54) is 0 Å². The van der Waals surface area contributed by atoms with Gasteiger partial charge < -0.3 is 14.2 Å². The van der Waals surface area contributed by atoms with Gasteiger partial charge in [0.2, 0.25) is 0 Å². The SMILES string of the molecule is C=C(C)C(=O)OCCOCCOc1ccc(/C=C/c2ccc(/C=C/c3ccc(S(=O)(=O)CC(CC)CCC)cc3)cc2)cc1. The molecular weight excluding hydrogens is 572 g/mol. The van der Waals surface area contributed by atoms with Crippen molar-refractivity contribution in [3.8, 4) is 5.75 Å². The Morgan fingerprint density at radius 3 is 1.70 bits per heavy atom. The third kappa shape index (κ3) is 12.0. The Bertz CT molecular complexity index is 1490. The third-order valence-corrected chi connectivity index (χ3v) is 8.93. The molecule has 3 aromatic carbocycles. The molecule has 0 bridgehead atoms. The first-order valence-electron chi connectivity index (χ1n) is 15.1. The number of rotatable bonds is 18. The van der Waals surface area contributed by atoms with E-state index in [-0.39, 0.29) is 18.3 Å². The lowest BCUT2D eigenvalue weighted by atomic mass is 10.0. The second-order valence-corrected chi connectivity index (χ2v) is 12.7. The minimum atomic E-state index is -3.28. The monoisotopic (exact) mass is 616 g/mol. The van der Waals surface area contributed by atoms with Crippen LogP contribution >= 0.6 is 0 Å². The molecule has 44 heavy (non-hydrogen) atoms. The van der Waals surface area contributed by atoms with Gasteiger partial charge in [0.15, 0.2) is 9.84 Å². The Morgan fingerprint density at radius 1 is 0.750 bits per heavy atom. The van der Waals surface area contributed by atoms with Crippen LogP contribution in [0.25, 0.3) is 24.3 Å². The molecule has 0 fully saturated rings. The second-order valence-electron chi connectivity index (χ2n) is 10.7. The number of carbonyl (C=O) groups excluding carboxylic acids is 1. The lowest BCUT2D eigenvalue weighted by molar-refractivity contribution is -0.140. The number of benzene rings is 3. The largest absolute Gasteiger partial charge is 0.491 e. The van der Waals surface area contributed by atoms with Gasteiger partial charge in [-0.15, -0.1) is 0 Å². The highest BCUT2D eigenvalue weighted by Crippen LogP contribution is 2.21. The maximum absolute atomic E-state index is 12.8. The summed E-state index contributed by atoms with van der Waals surface area (Å²) in [4.78, 5) is 11.7. The molecule has 234 valence electrons. The maximum Gasteiger partial charge on any atom is 0.333 e. The Hall–Kier alpha value is -3.94. The molecular formula is C37H44O6S. The molecule has 0 saturated heterocycles. The molecule has 0 amide bonds. The third-order valence-electron chi connectivity index (χ3n) is 7.03. The van der Waals surface area contributed by atoms with Gasteiger partial charge in [0, 0.05) is 5.57 Å². The van der Waals surface area contributed by atoms with E-state index in [0.29, 0.717) is 30.3 Å². The average molecular weight is 617 g/mol. The molecule has 1 atom stereocenters. The lowest BCUT2D eigenvalue weighted by Gasteiger charge is -2.14. The van der Waals surface area contributed by atoms with Crippen molar-refractivity contribution in [3.05, 3.63) is 107 Å². The molecule has 1 unspecified atom stereocenters. The highest BCUT2D eigenvalue weighted by molar-refractivity contribution is 7.91. The Balaban J connectivity index is 1.43. The molecule has 0 aliphatic rings. The Labute approximate surface area is 263 Å². The van der Waals surface area contributed by atoms with Gasteiger partial charge in [-0.05, 0) is 65.8 Å². The highest BCUT2D eigenvalue weighted by atomic mass is 32.2. The molecule has 0 spiro atoms. The van der Waals surface area contributed by atoms with E-state index in [2.05, 4.69) is 50.8 Å². The smallest absolute Gasteiger partial charge is 0.333 e.